The largest absolute Gasteiger partial charge is 0.506 e. The molecule has 3 rings (SSSR count). The molecule has 0 fully saturated rings. The third-order valence-corrected chi connectivity index (χ3v) is 3.88. The molecule has 1 aromatic heterocycles. The molecule has 0 atom stereocenters. The van der Waals surface area contributed by atoms with E-state index >= 15 is 0 Å². The lowest BCUT2D eigenvalue weighted by Gasteiger charge is -2.07. The third-order valence-electron chi connectivity index (χ3n) is 3.88. The van der Waals surface area contributed by atoms with Crippen molar-refractivity contribution in [3.63, 3.8) is 0 Å². The molecule has 0 spiro atoms. The fourth-order valence-electron chi connectivity index (χ4n) is 2.46. The molecule has 0 aliphatic heterocycles. The number of phenols is 1. The summed E-state index contributed by atoms with van der Waals surface area (Å²) in [7, 11) is 0. The van der Waals surface area contributed by atoms with Crippen molar-refractivity contribution in [2.45, 2.75) is 26.7 Å². The molecule has 0 aliphatic rings. The van der Waals surface area contributed by atoms with E-state index in [4.69, 9.17) is 4.42 Å². The minimum atomic E-state index is -0.200. The van der Waals surface area contributed by atoms with Crippen LogP contribution in [0.4, 0.5) is 5.69 Å². The van der Waals surface area contributed by atoms with Crippen LogP contribution in [0.2, 0.25) is 0 Å². The molecule has 0 saturated carbocycles. The van der Waals surface area contributed by atoms with E-state index in [1.54, 1.807) is 18.3 Å². The summed E-state index contributed by atoms with van der Waals surface area (Å²) >= 11 is 0. The van der Waals surface area contributed by atoms with Crippen molar-refractivity contribution in [1.29, 1.82) is 0 Å². The predicted molar refractivity (Wildman–Crippen MR) is 96.5 cm³/mol. The third kappa shape index (κ3) is 4.26. The highest BCUT2D eigenvalue weighted by atomic mass is 16.4. The number of anilines is 1. The molecule has 2 aromatic carbocycles. The van der Waals surface area contributed by atoms with Crippen molar-refractivity contribution in [2.24, 2.45) is 0 Å². The van der Waals surface area contributed by atoms with Crippen molar-refractivity contribution in [2.75, 3.05) is 5.32 Å². The maximum atomic E-state index is 12.0. The van der Waals surface area contributed by atoms with Crippen LogP contribution in [0.25, 0.3) is 11.3 Å². The second kappa shape index (κ2) is 7.21. The quantitative estimate of drug-likeness (QED) is 0.684. The molecule has 128 valence electrons. The summed E-state index contributed by atoms with van der Waals surface area (Å²) < 4.78 is 5.71. The summed E-state index contributed by atoms with van der Waals surface area (Å²) in [5.74, 6) is 1.06. The summed E-state index contributed by atoms with van der Waals surface area (Å²) in [6.07, 6.45) is 2.29. The number of phenolic OH excluding ortho intramolecular Hbond substituents is 1. The number of aromatic nitrogens is 1. The summed E-state index contributed by atoms with van der Waals surface area (Å²) in [6.45, 7) is 3.90. The van der Waals surface area contributed by atoms with E-state index in [2.05, 4.69) is 10.3 Å². The molecule has 2 N–H and O–H groups in total. The van der Waals surface area contributed by atoms with Crippen LogP contribution >= 0.6 is 0 Å². The highest BCUT2D eigenvalue weighted by Gasteiger charge is 2.10. The maximum absolute atomic E-state index is 12.0. The van der Waals surface area contributed by atoms with Gasteiger partial charge in [0.1, 0.15) is 5.75 Å². The number of nitrogens with one attached hydrogen (secondary N) is 1. The first-order valence-corrected chi connectivity index (χ1v) is 8.12. The number of hydrogen-bond donors (Lipinski definition) is 2. The van der Waals surface area contributed by atoms with Gasteiger partial charge in [-0.2, -0.15) is 0 Å². The summed E-state index contributed by atoms with van der Waals surface area (Å²) in [4.78, 5) is 16.3. The van der Waals surface area contributed by atoms with Crippen LogP contribution in [0, 0.1) is 13.8 Å². The first kappa shape index (κ1) is 16.8. The lowest BCUT2D eigenvalue weighted by Crippen LogP contribution is -2.12. The fraction of sp³-hybridized carbons (Fsp3) is 0.200. The Balaban J connectivity index is 1.58. The Morgan fingerprint density at radius 1 is 1.12 bits per heavy atom. The lowest BCUT2D eigenvalue weighted by molar-refractivity contribution is -0.116. The molecule has 0 unspecified atom stereocenters. The van der Waals surface area contributed by atoms with Crippen LogP contribution in [0.3, 0.4) is 0 Å². The molecule has 5 nitrogen and oxygen atoms in total. The van der Waals surface area contributed by atoms with Crippen LogP contribution in [0.1, 0.15) is 23.4 Å². The lowest BCUT2D eigenvalue weighted by atomic mass is 10.1. The number of aryl methyl sites for hydroxylation is 3. The average Bonchev–Trinajstić information content (AvgIpc) is 3.05. The number of nitrogens with zero attached hydrogens (tertiary/aromatic N) is 1. The van der Waals surface area contributed by atoms with Crippen molar-refractivity contribution < 1.29 is 14.3 Å². The second-order valence-corrected chi connectivity index (χ2v) is 6.05. The molecule has 0 aliphatic carbocycles. The van der Waals surface area contributed by atoms with E-state index < -0.39 is 0 Å². The predicted octanol–water partition coefficient (Wildman–Crippen LogP) is 4.24. The van der Waals surface area contributed by atoms with Crippen LogP contribution in [0.5, 0.6) is 5.75 Å². The number of hydrogen-bond acceptors (Lipinski definition) is 4. The number of aromatic hydroxyl groups is 1. The zero-order valence-electron chi connectivity index (χ0n) is 14.2. The number of carbonyl (C=O) groups is 1. The molecule has 25 heavy (non-hydrogen) atoms. The van der Waals surface area contributed by atoms with E-state index in [1.165, 1.54) is 5.56 Å². The van der Waals surface area contributed by atoms with E-state index in [9.17, 15) is 9.90 Å². The standard InChI is InChI=1S/C20H20N2O3/c1-13-3-6-15(7-4-13)18-12-21-20(25-18)10-9-19(24)22-16-8-5-14(2)11-17(16)23/h3-8,11-12,23H,9-10H2,1-2H3,(H,22,24). The molecule has 1 heterocycles. The molecule has 0 radical (unpaired) electrons. The van der Waals surface area contributed by atoms with Crippen LogP contribution in [0.15, 0.2) is 53.1 Å². The molecular formula is C20H20N2O3. The number of rotatable bonds is 5. The summed E-state index contributed by atoms with van der Waals surface area (Å²) in [6, 6.07) is 13.1. The minimum absolute atomic E-state index is 0.0612. The van der Waals surface area contributed by atoms with Gasteiger partial charge in [-0.25, -0.2) is 4.98 Å². The maximum Gasteiger partial charge on any atom is 0.224 e. The van der Waals surface area contributed by atoms with Gasteiger partial charge in [-0.05, 0) is 31.5 Å². The number of carbonyl (C=O) groups excluding carboxylic acids is 1. The van der Waals surface area contributed by atoms with Crippen LogP contribution < -0.4 is 5.32 Å². The van der Waals surface area contributed by atoms with Gasteiger partial charge in [0.05, 0.1) is 11.9 Å². The Bertz CT molecular complexity index is 882. The smallest absolute Gasteiger partial charge is 0.224 e. The first-order chi connectivity index (χ1) is 12.0. The van der Waals surface area contributed by atoms with Gasteiger partial charge in [0.25, 0.3) is 0 Å². The normalized spacial score (nSPS) is 10.6. The van der Waals surface area contributed by atoms with Gasteiger partial charge in [-0.3, -0.25) is 4.79 Å². The van der Waals surface area contributed by atoms with Crippen LogP contribution in [-0.2, 0) is 11.2 Å². The molecule has 0 saturated heterocycles. The van der Waals surface area contributed by atoms with Gasteiger partial charge in [0.15, 0.2) is 11.7 Å². The van der Waals surface area contributed by atoms with Crippen molar-refractivity contribution >= 4 is 11.6 Å². The van der Waals surface area contributed by atoms with Gasteiger partial charge in [-0.15, -0.1) is 0 Å². The van der Waals surface area contributed by atoms with Crippen LogP contribution in [-0.4, -0.2) is 16.0 Å². The highest BCUT2D eigenvalue weighted by molar-refractivity contribution is 5.92. The molecule has 3 aromatic rings. The van der Waals surface area contributed by atoms with Crippen molar-refractivity contribution in [1.82, 2.24) is 4.98 Å². The first-order valence-electron chi connectivity index (χ1n) is 8.12. The second-order valence-electron chi connectivity index (χ2n) is 6.05. The average molecular weight is 336 g/mol. The number of oxazole rings is 1. The van der Waals surface area contributed by atoms with Crippen molar-refractivity contribution in [3.8, 4) is 17.1 Å². The SMILES string of the molecule is Cc1ccc(-c2cnc(CCC(=O)Nc3ccc(C)cc3O)o2)cc1. The number of benzene rings is 2. The Morgan fingerprint density at radius 2 is 1.84 bits per heavy atom. The summed E-state index contributed by atoms with van der Waals surface area (Å²) in [5.41, 5.74) is 3.47. The molecular weight excluding hydrogens is 316 g/mol. The van der Waals surface area contributed by atoms with E-state index in [1.807, 2.05) is 44.2 Å². The van der Waals surface area contributed by atoms with E-state index in [0.29, 0.717) is 23.8 Å². The zero-order valence-corrected chi connectivity index (χ0v) is 14.2. The van der Waals surface area contributed by atoms with Gasteiger partial charge in [-0.1, -0.05) is 35.9 Å². The van der Waals surface area contributed by atoms with Gasteiger partial charge in [0.2, 0.25) is 5.91 Å². The van der Waals surface area contributed by atoms with E-state index in [-0.39, 0.29) is 18.1 Å². The molecule has 5 heteroatoms. The van der Waals surface area contributed by atoms with Gasteiger partial charge < -0.3 is 14.8 Å². The Kier molecular flexibility index (Phi) is 4.84. The molecule has 0 bridgehead atoms. The van der Waals surface area contributed by atoms with Gasteiger partial charge in [0, 0.05) is 18.4 Å². The highest BCUT2D eigenvalue weighted by Crippen LogP contribution is 2.24. The Morgan fingerprint density at radius 3 is 2.56 bits per heavy atom. The van der Waals surface area contributed by atoms with E-state index in [0.717, 1.165) is 11.1 Å². The topological polar surface area (TPSA) is 75.4 Å². The minimum Gasteiger partial charge on any atom is -0.506 e. The fourth-order valence-corrected chi connectivity index (χ4v) is 2.46. The summed E-state index contributed by atoms with van der Waals surface area (Å²) in [5, 5.41) is 12.5. The van der Waals surface area contributed by atoms with Crippen molar-refractivity contribution in [3.05, 3.63) is 65.7 Å². The monoisotopic (exact) mass is 336 g/mol. The molecule has 1 amide bonds. The van der Waals surface area contributed by atoms with Gasteiger partial charge >= 0.3 is 0 Å². The zero-order chi connectivity index (χ0) is 17.8. The number of amides is 1. The Labute approximate surface area is 146 Å². The Hall–Kier alpha value is -3.08.